The van der Waals surface area contributed by atoms with Gasteiger partial charge in [-0.1, -0.05) is 0 Å². The van der Waals surface area contributed by atoms with E-state index in [0.29, 0.717) is 5.92 Å². The summed E-state index contributed by atoms with van der Waals surface area (Å²) >= 11 is 5.15. The summed E-state index contributed by atoms with van der Waals surface area (Å²) in [6.45, 7) is 2.28. The molecule has 0 bridgehead atoms. The Morgan fingerprint density at radius 3 is 2.83 bits per heavy atom. The largest absolute Gasteiger partial charge is 0.317 e. The lowest BCUT2D eigenvalue weighted by Crippen LogP contribution is -2.26. The van der Waals surface area contributed by atoms with Gasteiger partial charge >= 0.3 is 0 Å². The average Bonchev–Trinajstić information content (AvgIpc) is 2.54. The molecule has 0 radical (unpaired) electrons. The van der Waals surface area contributed by atoms with E-state index in [1.807, 2.05) is 0 Å². The molecule has 12 heavy (non-hydrogen) atoms. The molecule has 0 spiro atoms. The number of thiazole rings is 1. The van der Waals surface area contributed by atoms with Crippen LogP contribution in [0, 0.1) is 0 Å². The molecule has 1 aliphatic rings. The second-order valence-corrected chi connectivity index (χ2v) is 4.73. The van der Waals surface area contributed by atoms with Crippen LogP contribution in [0.2, 0.25) is 0 Å². The van der Waals surface area contributed by atoms with Crippen molar-refractivity contribution >= 4 is 27.3 Å². The van der Waals surface area contributed by atoms with Crippen molar-refractivity contribution in [3.63, 3.8) is 0 Å². The van der Waals surface area contributed by atoms with Gasteiger partial charge in [-0.2, -0.15) is 0 Å². The van der Waals surface area contributed by atoms with Crippen LogP contribution in [-0.2, 0) is 0 Å². The third-order valence-electron chi connectivity index (χ3n) is 2.18. The molecule has 0 atom stereocenters. The maximum atomic E-state index is 4.44. The maximum absolute atomic E-state index is 4.44. The summed E-state index contributed by atoms with van der Waals surface area (Å²) in [5, 5.41) is 6.72. The molecule has 1 fully saturated rings. The molecular formula is C8H11BrN2S. The number of halogens is 1. The Hall–Kier alpha value is 0.0700. The van der Waals surface area contributed by atoms with Crippen LogP contribution in [0.4, 0.5) is 0 Å². The zero-order valence-corrected chi connectivity index (χ0v) is 9.12. The van der Waals surface area contributed by atoms with E-state index < -0.39 is 0 Å². The number of hydrogen-bond donors (Lipinski definition) is 1. The second-order valence-electron chi connectivity index (χ2n) is 3.03. The first kappa shape index (κ1) is 8.66. The van der Waals surface area contributed by atoms with E-state index in [0.717, 1.165) is 17.7 Å². The Labute approximate surface area is 84.5 Å². The maximum Gasteiger partial charge on any atom is 0.117 e. The summed E-state index contributed by atoms with van der Waals surface area (Å²) < 4.78 is 0.987. The highest BCUT2D eigenvalue weighted by Crippen LogP contribution is 2.29. The van der Waals surface area contributed by atoms with Crippen molar-refractivity contribution in [2.24, 2.45) is 0 Å². The molecule has 66 valence electrons. The molecule has 0 amide bonds. The minimum Gasteiger partial charge on any atom is -0.317 e. The van der Waals surface area contributed by atoms with Crippen LogP contribution in [0.1, 0.15) is 23.8 Å². The molecule has 2 rings (SSSR count). The van der Waals surface area contributed by atoms with Crippen LogP contribution in [0.3, 0.4) is 0 Å². The Morgan fingerprint density at radius 1 is 1.50 bits per heavy atom. The zero-order chi connectivity index (χ0) is 8.39. The smallest absolute Gasteiger partial charge is 0.117 e. The lowest BCUT2D eigenvalue weighted by atomic mass is 9.99. The van der Waals surface area contributed by atoms with Crippen LogP contribution < -0.4 is 5.32 Å². The van der Waals surface area contributed by atoms with Gasteiger partial charge in [-0.3, -0.25) is 0 Å². The summed E-state index contributed by atoms with van der Waals surface area (Å²) in [5.41, 5.74) is 0. The topological polar surface area (TPSA) is 24.9 Å². The Morgan fingerprint density at radius 2 is 2.25 bits per heavy atom. The van der Waals surface area contributed by atoms with Gasteiger partial charge in [0.2, 0.25) is 0 Å². The minimum absolute atomic E-state index is 0.697. The van der Waals surface area contributed by atoms with E-state index in [2.05, 4.69) is 31.6 Å². The molecule has 1 aromatic rings. The normalized spacial score (nSPS) is 19.8. The van der Waals surface area contributed by atoms with Crippen LogP contribution in [0.15, 0.2) is 9.98 Å². The van der Waals surface area contributed by atoms with Crippen molar-refractivity contribution in [1.82, 2.24) is 10.3 Å². The number of aromatic nitrogens is 1. The number of hydrogen-bond acceptors (Lipinski definition) is 3. The number of rotatable bonds is 1. The molecule has 0 unspecified atom stereocenters. The second kappa shape index (κ2) is 3.85. The molecule has 0 aromatic carbocycles. The predicted molar refractivity (Wildman–Crippen MR) is 54.7 cm³/mol. The van der Waals surface area contributed by atoms with Gasteiger partial charge in [0, 0.05) is 11.3 Å². The zero-order valence-electron chi connectivity index (χ0n) is 6.72. The van der Waals surface area contributed by atoms with Crippen molar-refractivity contribution in [3.8, 4) is 0 Å². The summed E-state index contributed by atoms with van der Waals surface area (Å²) in [6.07, 6.45) is 2.47. The fraction of sp³-hybridized carbons (Fsp3) is 0.625. The molecule has 1 aliphatic heterocycles. The summed E-state index contributed by atoms with van der Waals surface area (Å²) in [4.78, 5) is 4.44. The van der Waals surface area contributed by atoms with Gasteiger partial charge in [0.05, 0.1) is 5.01 Å². The van der Waals surface area contributed by atoms with E-state index in [4.69, 9.17) is 0 Å². The summed E-state index contributed by atoms with van der Waals surface area (Å²) in [5.74, 6) is 0.697. The molecule has 1 aromatic heterocycles. The lowest BCUT2D eigenvalue weighted by molar-refractivity contribution is 0.459. The Kier molecular flexibility index (Phi) is 2.78. The first-order chi connectivity index (χ1) is 5.86. The number of nitrogens with zero attached hydrogens (tertiary/aromatic N) is 1. The summed E-state index contributed by atoms with van der Waals surface area (Å²) in [6, 6.07) is 0. The highest BCUT2D eigenvalue weighted by Gasteiger charge is 2.17. The third kappa shape index (κ3) is 1.87. The van der Waals surface area contributed by atoms with Crippen LogP contribution in [0.5, 0.6) is 0 Å². The van der Waals surface area contributed by atoms with Gasteiger partial charge in [0.1, 0.15) is 4.60 Å². The van der Waals surface area contributed by atoms with E-state index >= 15 is 0 Å². The molecule has 0 aliphatic carbocycles. The first-order valence-corrected chi connectivity index (χ1v) is 5.85. The van der Waals surface area contributed by atoms with E-state index in [-0.39, 0.29) is 0 Å². The molecule has 2 heterocycles. The minimum atomic E-state index is 0.697. The van der Waals surface area contributed by atoms with E-state index in [9.17, 15) is 0 Å². The molecule has 1 N–H and O–H groups in total. The Balaban J connectivity index is 2.08. The first-order valence-electron chi connectivity index (χ1n) is 4.18. The van der Waals surface area contributed by atoms with Gasteiger partial charge in [-0.25, -0.2) is 4.98 Å². The van der Waals surface area contributed by atoms with Crippen LogP contribution >= 0.6 is 27.3 Å². The lowest BCUT2D eigenvalue weighted by Gasteiger charge is -2.20. The van der Waals surface area contributed by atoms with Gasteiger partial charge in [0.15, 0.2) is 0 Å². The van der Waals surface area contributed by atoms with Gasteiger partial charge in [-0.15, -0.1) is 11.3 Å². The molecule has 1 saturated heterocycles. The standard InChI is InChI=1S/C8H11BrN2S/c9-7-5-12-8(11-7)6-1-3-10-4-2-6/h5-6,10H,1-4H2. The fourth-order valence-corrected chi connectivity index (χ4v) is 2.96. The molecule has 2 nitrogen and oxygen atoms in total. The SMILES string of the molecule is Brc1csc(C2CCNCC2)n1. The van der Waals surface area contributed by atoms with Crippen molar-refractivity contribution in [2.75, 3.05) is 13.1 Å². The van der Waals surface area contributed by atoms with Gasteiger partial charge in [-0.05, 0) is 41.9 Å². The average molecular weight is 247 g/mol. The number of piperidine rings is 1. The van der Waals surface area contributed by atoms with Crippen LogP contribution in [0.25, 0.3) is 0 Å². The quantitative estimate of drug-likeness (QED) is 0.824. The van der Waals surface area contributed by atoms with E-state index in [1.165, 1.54) is 17.8 Å². The van der Waals surface area contributed by atoms with Crippen molar-refractivity contribution in [3.05, 3.63) is 15.0 Å². The van der Waals surface area contributed by atoms with E-state index in [1.54, 1.807) is 11.3 Å². The number of nitrogens with one attached hydrogen (secondary N) is 1. The van der Waals surface area contributed by atoms with Gasteiger partial charge in [0.25, 0.3) is 0 Å². The Bertz CT molecular complexity index is 255. The van der Waals surface area contributed by atoms with Crippen molar-refractivity contribution in [1.29, 1.82) is 0 Å². The fourth-order valence-electron chi connectivity index (χ4n) is 1.52. The third-order valence-corrected chi connectivity index (χ3v) is 3.90. The summed E-state index contributed by atoms with van der Waals surface area (Å²) in [7, 11) is 0. The predicted octanol–water partition coefficient (Wildman–Crippen LogP) is 2.37. The molecule has 4 heteroatoms. The highest BCUT2D eigenvalue weighted by atomic mass is 79.9. The molecular weight excluding hydrogens is 236 g/mol. The van der Waals surface area contributed by atoms with Crippen LogP contribution in [-0.4, -0.2) is 18.1 Å². The highest BCUT2D eigenvalue weighted by molar-refractivity contribution is 9.10. The molecule has 0 saturated carbocycles. The van der Waals surface area contributed by atoms with Crippen molar-refractivity contribution in [2.45, 2.75) is 18.8 Å². The monoisotopic (exact) mass is 246 g/mol. The van der Waals surface area contributed by atoms with Crippen molar-refractivity contribution < 1.29 is 0 Å². The van der Waals surface area contributed by atoms with Gasteiger partial charge < -0.3 is 5.32 Å².